The molecule has 0 radical (unpaired) electrons. The highest BCUT2D eigenvalue weighted by atomic mass is 15.2. The third-order valence-electron chi connectivity index (χ3n) is 4.85. The van der Waals surface area contributed by atoms with E-state index in [1.54, 1.807) is 0 Å². The van der Waals surface area contributed by atoms with E-state index in [4.69, 9.17) is 0 Å². The average Bonchev–Trinajstić information content (AvgIpc) is 2.31. The first kappa shape index (κ1) is 13.4. The first-order chi connectivity index (χ1) is 8.29. The van der Waals surface area contributed by atoms with Gasteiger partial charge in [-0.05, 0) is 64.2 Å². The molecule has 1 N–H and O–H groups in total. The second-order valence-corrected chi connectivity index (χ2v) is 6.17. The SMILES string of the molecule is CCNCC1CCN(C(C)CC2CCC2)CC1. The van der Waals surface area contributed by atoms with E-state index in [1.165, 1.54) is 58.2 Å². The molecule has 17 heavy (non-hydrogen) atoms. The molecular weight excluding hydrogens is 208 g/mol. The highest BCUT2D eigenvalue weighted by Gasteiger charge is 2.26. The number of likely N-dealkylation sites (tertiary alicyclic amines) is 1. The topological polar surface area (TPSA) is 15.3 Å². The molecule has 2 fully saturated rings. The lowest BCUT2D eigenvalue weighted by Gasteiger charge is -2.39. The maximum atomic E-state index is 3.49. The molecule has 0 aromatic heterocycles. The van der Waals surface area contributed by atoms with Crippen LogP contribution in [0.15, 0.2) is 0 Å². The van der Waals surface area contributed by atoms with Crippen LogP contribution in [0.25, 0.3) is 0 Å². The van der Waals surface area contributed by atoms with E-state index in [0.717, 1.165) is 24.4 Å². The highest BCUT2D eigenvalue weighted by Crippen LogP contribution is 2.32. The van der Waals surface area contributed by atoms with Gasteiger partial charge in [0, 0.05) is 6.04 Å². The third-order valence-corrected chi connectivity index (χ3v) is 4.85. The van der Waals surface area contributed by atoms with Gasteiger partial charge in [0.1, 0.15) is 0 Å². The van der Waals surface area contributed by atoms with Gasteiger partial charge in [0.2, 0.25) is 0 Å². The summed E-state index contributed by atoms with van der Waals surface area (Å²) >= 11 is 0. The molecule has 2 nitrogen and oxygen atoms in total. The zero-order valence-corrected chi connectivity index (χ0v) is 11.8. The summed E-state index contributed by atoms with van der Waals surface area (Å²) in [7, 11) is 0. The van der Waals surface area contributed by atoms with Gasteiger partial charge in [0.15, 0.2) is 0 Å². The van der Waals surface area contributed by atoms with Crippen LogP contribution in [-0.2, 0) is 0 Å². The second-order valence-electron chi connectivity index (χ2n) is 6.17. The molecule has 0 amide bonds. The first-order valence-electron chi connectivity index (χ1n) is 7.74. The smallest absolute Gasteiger partial charge is 0.00695 e. The van der Waals surface area contributed by atoms with Gasteiger partial charge in [0.05, 0.1) is 0 Å². The van der Waals surface area contributed by atoms with E-state index in [0.29, 0.717) is 0 Å². The van der Waals surface area contributed by atoms with Gasteiger partial charge >= 0.3 is 0 Å². The molecule has 100 valence electrons. The standard InChI is InChI=1S/C15H30N2/c1-3-16-12-15-7-9-17(10-8-15)13(2)11-14-5-4-6-14/h13-16H,3-12H2,1-2H3. The summed E-state index contributed by atoms with van der Waals surface area (Å²) in [5.41, 5.74) is 0. The molecule has 0 aromatic carbocycles. The first-order valence-corrected chi connectivity index (χ1v) is 7.74. The predicted molar refractivity (Wildman–Crippen MR) is 74.3 cm³/mol. The lowest BCUT2D eigenvalue weighted by Crippen LogP contribution is -2.43. The number of hydrogen-bond donors (Lipinski definition) is 1. The third kappa shape index (κ3) is 3.96. The van der Waals surface area contributed by atoms with Crippen molar-refractivity contribution in [2.24, 2.45) is 11.8 Å². The van der Waals surface area contributed by atoms with E-state index < -0.39 is 0 Å². The van der Waals surface area contributed by atoms with Gasteiger partial charge in [0.25, 0.3) is 0 Å². The second kappa shape index (κ2) is 6.75. The van der Waals surface area contributed by atoms with Gasteiger partial charge in [-0.3, -0.25) is 0 Å². The lowest BCUT2D eigenvalue weighted by molar-refractivity contribution is 0.110. The van der Waals surface area contributed by atoms with Crippen LogP contribution in [0.1, 0.15) is 52.4 Å². The molecule has 0 aromatic rings. The fourth-order valence-corrected chi connectivity index (χ4v) is 3.31. The van der Waals surface area contributed by atoms with Crippen LogP contribution in [0.4, 0.5) is 0 Å². The van der Waals surface area contributed by atoms with Crippen molar-refractivity contribution in [1.82, 2.24) is 10.2 Å². The van der Waals surface area contributed by atoms with Crippen molar-refractivity contribution >= 4 is 0 Å². The molecule has 0 bridgehead atoms. The van der Waals surface area contributed by atoms with Gasteiger partial charge < -0.3 is 10.2 Å². The van der Waals surface area contributed by atoms with Crippen LogP contribution < -0.4 is 5.32 Å². The molecule has 1 unspecified atom stereocenters. The number of nitrogens with zero attached hydrogens (tertiary/aromatic N) is 1. The summed E-state index contributed by atoms with van der Waals surface area (Å²) in [6.45, 7) is 9.69. The quantitative estimate of drug-likeness (QED) is 0.765. The molecule has 2 aliphatic rings. The summed E-state index contributed by atoms with van der Waals surface area (Å²) in [5.74, 6) is 1.99. The molecule has 2 rings (SSSR count). The Hall–Kier alpha value is -0.0800. The Bertz CT molecular complexity index is 205. The molecule has 1 saturated carbocycles. The largest absolute Gasteiger partial charge is 0.317 e. The molecule has 1 aliphatic carbocycles. The molecule has 1 atom stereocenters. The summed E-state index contributed by atoms with van der Waals surface area (Å²) in [6, 6.07) is 0.834. The molecule has 1 aliphatic heterocycles. The molecular formula is C15H30N2. The minimum absolute atomic E-state index is 0.834. The maximum Gasteiger partial charge on any atom is 0.00695 e. The Kier molecular flexibility index (Phi) is 5.30. The van der Waals surface area contributed by atoms with Gasteiger partial charge in [-0.2, -0.15) is 0 Å². The van der Waals surface area contributed by atoms with Crippen LogP contribution in [0.3, 0.4) is 0 Å². The number of hydrogen-bond acceptors (Lipinski definition) is 2. The van der Waals surface area contributed by atoms with Crippen molar-refractivity contribution in [3.8, 4) is 0 Å². The Morgan fingerprint density at radius 1 is 1.12 bits per heavy atom. The van der Waals surface area contributed by atoms with E-state index >= 15 is 0 Å². The Balaban J connectivity index is 1.63. The van der Waals surface area contributed by atoms with E-state index in [2.05, 4.69) is 24.1 Å². The van der Waals surface area contributed by atoms with Crippen LogP contribution in [0.2, 0.25) is 0 Å². The van der Waals surface area contributed by atoms with Gasteiger partial charge in [-0.25, -0.2) is 0 Å². The predicted octanol–water partition coefficient (Wildman–Crippen LogP) is 2.89. The van der Waals surface area contributed by atoms with Crippen molar-refractivity contribution in [1.29, 1.82) is 0 Å². The summed E-state index contributed by atoms with van der Waals surface area (Å²) in [4.78, 5) is 2.74. The van der Waals surface area contributed by atoms with Gasteiger partial charge in [-0.1, -0.05) is 26.2 Å². The van der Waals surface area contributed by atoms with Crippen molar-refractivity contribution in [2.45, 2.75) is 58.4 Å². The van der Waals surface area contributed by atoms with Crippen LogP contribution in [-0.4, -0.2) is 37.1 Å². The fourth-order valence-electron chi connectivity index (χ4n) is 3.31. The van der Waals surface area contributed by atoms with E-state index in [9.17, 15) is 0 Å². The van der Waals surface area contributed by atoms with Crippen molar-refractivity contribution < 1.29 is 0 Å². The Labute approximate surface area is 107 Å². The average molecular weight is 238 g/mol. The Morgan fingerprint density at radius 3 is 2.35 bits per heavy atom. The van der Waals surface area contributed by atoms with Crippen LogP contribution in [0, 0.1) is 11.8 Å². The monoisotopic (exact) mass is 238 g/mol. The zero-order chi connectivity index (χ0) is 12.1. The normalized spacial score (nSPS) is 25.8. The highest BCUT2D eigenvalue weighted by molar-refractivity contribution is 4.81. The summed E-state index contributed by atoms with van der Waals surface area (Å²) in [5, 5.41) is 3.49. The summed E-state index contributed by atoms with van der Waals surface area (Å²) < 4.78 is 0. The molecule has 1 heterocycles. The number of nitrogens with one attached hydrogen (secondary N) is 1. The van der Waals surface area contributed by atoms with Crippen molar-refractivity contribution in [2.75, 3.05) is 26.2 Å². The molecule has 2 heteroatoms. The minimum atomic E-state index is 0.834. The maximum absolute atomic E-state index is 3.49. The fraction of sp³-hybridized carbons (Fsp3) is 1.00. The number of piperidine rings is 1. The van der Waals surface area contributed by atoms with Gasteiger partial charge in [-0.15, -0.1) is 0 Å². The van der Waals surface area contributed by atoms with Crippen molar-refractivity contribution in [3.05, 3.63) is 0 Å². The van der Waals surface area contributed by atoms with E-state index in [1.807, 2.05) is 0 Å². The van der Waals surface area contributed by atoms with Crippen LogP contribution in [0.5, 0.6) is 0 Å². The van der Waals surface area contributed by atoms with Crippen molar-refractivity contribution in [3.63, 3.8) is 0 Å². The molecule has 0 spiro atoms. The summed E-state index contributed by atoms with van der Waals surface area (Å²) in [6.07, 6.45) is 8.76. The number of rotatable bonds is 6. The molecule has 1 saturated heterocycles. The van der Waals surface area contributed by atoms with E-state index in [-0.39, 0.29) is 0 Å². The minimum Gasteiger partial charge on any atom is -0.317 e. The van der Waals surface area contributed by atoms with Crippen LogP contribution >= 0.6 is 0 Å². The lowest BCUT2D eigenvalue weighted by atomic mass is 9.80. The zero-order valence-electron chi connectivity index (χ0n) is 11.8. The Morgan fingerprint density at radius 2 is 1.82 bits per heavy atom.